The lowest BCUT2D eigenvalue weighted by atomic mass is 10.1. The smallest absolute Gasteiger partial charge is 0.321 e. The van der Waals surface area contributed by atoms with Crippen LogP contribution in [0.3, 0.4) is 0 Å². The fraction of sp³-hybridized carbons (Fsp3) is 0.167. The third-order valence-corrected chi connectivity index (χ3v) is 2.82. The van der Waals surface area contributed by atoms with E-state index in [-0.39, 0.29) is 6.03 Å². The van der Waals surface area contributed by atoms with E-state index in [0.717, 1.165) is 16.5 Å². The molecule has 2 N–H and O–H groups in total. The second kappa shape index (κ2) is 6.20. The van der Waals surface area contributed by atoms with Crippen LogP contribution in [0.4, 0.5) is 10.7 Å². The van der Waals surface area contributed by atoms with Crippen molar-refractivity contribution in [1.29, 1.82) is 0 Å². The summed E-state index contributed by atoms with van der Waals surface area (Å²) in [6, 6.07) is 9.26. The Hall–Kier alpha value is -1.82. The maximum absolute atomic E-state index is 11.4. The number of carbonyl (C=O) groups excluding carboxylic acids is 1. The second-order valence-electron chi connectivity index (χ2n) is 3.63. The molecule has 18 heavy (non-hydrogen) atoms. The van der Waals surface area contributed by atoms with Gasteiger partial charge < -0.3 is 9.84 Å². The minimum atomic E-state index is -0.302. The Kier molecular flexibility index (Phi) is 4.35. The topological polar surface area (TPSA) is 67.2 Å². The number of amides is 2. The van der Waals surface area contributed by atoms with Gasteiger partial charge >= 0.3 is 6.03 Å². The number of nitrogens with one attached hydrogen (secondary N) is 2. The molecule has 94 valence electrons. The Morgan fingerprint density at radius 2 is 2.06 bits per heavy atom. The summed E-state index contributed by atoms with van der Waals surface area (Å²) in [4.78, 5) is 11.4. The van der Waals surface area contributed by atoms with Crippen LogP contribution in [0.15, 0.2) is 45.5 Å². The van der Waals surface area contributed by atoms with E-state index < -0.39 is 0 Å². The molecule has 0 radical (unpaired) electrons. The molecular formula is C12H12BrN3O2. The lowest BCUT2D eigenvalue weighted by Gasteiger charge is -2.05. The van der Waals surface area contributed by atoms with Gasteiger partial charge in [-0.15, -0.1) is 0 Å². The molecule has 2 amide bonds. The molecule has 0 aliphatic rings. The van der Waals surface area contributed by atoms with E-state index in [0.29, 0.717) is 12.4 Å². The van der Waals surface area contributed by atoms with Crippen LogP contribution in [0.2, 0.25) is 0 Å². The first-order valence-electron chi connectivity index (χ1n) is 5.44. The number of hydrogen-bond donors (Lipinski definition) is 2. The summed E-state index contributed by atoms with van der Waals surface area (Å²) in [5, 5.41) is 8.75. The van der Waals surface area contributed by atoms with Crippen molar-refractivity contribution < 1.29 is 9.32 Å². The van der Waals surface area contributed by atoms with Crippen LogP contribution < -0.4 is 10.6 Å². The van der Waals surface area contributed by atoms with Gasteiger partial charge in [0.15, 0.2) is 0 Å². The van der Waals surface area contributed by atoms with Crippen LogP contribution in [-0.2, 0) is 6.42 Å². The van der Waals surface area contributed by atoms with Crippen molar-refractivity contribution >= 4 is 27.8 Å². The van der Waals surface area contributed by atoms with E-state index in [1.807, 2.05) is 24.3 Å². The minimum Gasteiger partial charge on any atom is -0.338 e. The second-order valence-corrected chi connectivity index (χ2v) is 4.55. The van der Waals surface area contributed by atoms with E-state index in [2.05, 4.69) is 31.7 Å². The molecule has 5 nitrogen and oxygen atoms in total. The van der Waals surface area contributed by atoms with Crippen LogP contribution in [0.25, 0.3) is 0 Å². The molecule has 6 heteroatoms. The van der Waals surface area contributed by atoms with Gasteiger partial charge in [-0.2, -0.15) is 0 Å². The molecular weight excluding hydrogens is 298 g/mol. The highest BCUT2D eigenvalue weighted by Crippen LogP contribution is 2.10. The van der Waals surface area contributed by atoms with Crippen molar-refractivity contribution in [3.05, 3.63) is 46.6 Å². The maximum atomic E-state index is 11.4. The molecule has 2 rings (SSSR count). The summed E-state index contributed by atoms with van der Waals surface area (Å²) < 4.78 is 5.80. The van der Waals surface area contributed by atoms with Crippen molar-refractivity contribution in [3.8, 4) is 0 Å². The Morgan fingerprint density at radius 3 is 2.72 bits per heavy atom. The van der Waals surface area contributed by atoms with Gasteiger partial charge in [0.05, 0.1) is 6.20 Å². The molecule has 0 bridgehead atoms. The van der Waals surface area contributed by atoms with Crippen molar-refractivity contribution in [3.63, 3.8) is 0 Å². The zero-order valence-corrected chi connectivity index (χ0v) is 11.1. The number of urea groups is 1. The first kappa shape index (κ1) is 12.6. The molecule has 0 aliphatic carbocycles. The average Bonchev–Trinajstić information content (AvgIpc) is 2.84. The number of rotatable bonds is 4. The van der Waals surface area contributed by atoms with Gasteiger partial charge in [-0.25, -0.2) is 4.79 Å². The van der Waals surface area contributed by atoms with Gasteiger partial charge in [-0.3, -0.25) is 5.32 Å². The van der Waals surface area contributed by atoms with Gasteiger partial charge in [0, 0.05) is 17.1 Å². The Morgan fingerprint density at radius 1 is 1.28 bits per heavy atom. The van der Waals surface area contributed by atoms with E-state index in [1.165, 1.54) is 6.20 Å². The fourth-order valence-electron chi connectivity index (χ4n) is 1.41. The van der Waals surface area contributed by atoms with Gasteiger partial charge in [0.2, 0.25) is 5.88 Å². The largest absolute Gasteiger partial charge is 0.338 e. The predicted molar refractivity (Wildman–Crippen MR) is 71.4 cm³/mol. The zero-order valence-electron chi connectivity index (χ0n) is 9.52. The molecule has 0 unspecified atom stereocenters. The number of carbonyl (C=O) groups is 1. The summed E-state index contributed by atoms with van der Waals surface area (Å²) in [5.74, 6) is 0.330. The standard InChI is InChI=1S/C12H12BrN3O2/c13-10-3-1-9(2-4-10)5-7-14-12(17)16-11-6-8-15-18-11/h1-4,6,8H,5,7H2,(H2,14,16,17). The predicted octanol–water partition coefficient (Wildman–Crippen LogP) is 2.80. The molecule has 2 aromatic rings. The summed E-state index contributed by atoms with van der Waals surface area (Å²) >= 11 is 3.37. The number of anilines is 1. The first-order valence-corrected chi connectivity index (χ1v) is 6.23. The maximum Gasteiger partial charge on any atom is 0.321 e. The molecule has 1 aromatic heterocycles. The van der Waals surface area contributed by atoms with E-state index in [4.69, 9.17) is 4.52 Å². The summed E-state index contributed by atoms with van der Waals surface area (Å²) in [6.07, 6.45) is 2.24. The van der Waals surface area contributed by atoms with Crippen LogP contribution in [-0.4, -0.2) is 17.7 Å². The number of benzene rings is 1. The quantitative estimate of drug-likeness (QED) is 0.912. The van der Waals surface area contributed by atoms with E-state index in [1.54, 1.807) is 6.07 Å². The third kappa shape index (κ3) is 3.89. The highest BCUT2D eigenvalue weighted by Gasteiger charge is 2.03. The van der Waals surface area contributed by atoms with E-state index >= 15 is 0 Å². The highest BCUT2D eigenvalue weighted by molar-refractivity contribution is 9.10. The van der Waals surface area contributed by atoms with Crippen LogP contribution in [0.5, 0.6) is 0 Å². The number of halogens is 1. The molecule has 1 aromatic carbocycles. The van der Waals surface area contributed by atoms with Crippen LogP contribution >= 0.6 is 15.9 Å². The molecule has 0 saturated carbocycles. The Labute approximate surface area is 113 Å². The third-order valence-electron chi connectivity index (χ3n) is 2.29. The average molecular weight is 310 g/mol. The van der Waals surface area contributed by atoms with Crippen molar-refractivity contribution in [1.82, 2.24) is 10.5 Å². The molecule has 0 spiro atoms. The van der Waals surface area contributed by atoms with Gasteiger partial charge in [0.1, 0.15) is 0 Å². The number of aromatic nitrogens is 1. The Balaban J connectivity index is 1.72. The molecule has 0 aliphatic heterocycles. The molecule has 1 heterocycles. The lowest BCUT2D eigenvalue weighted by Crippen LogP contribution is -2.30. The van der Waals surface area contributed by atoms with Gasteiger partial charge in [-0.1, -0.05) is 33.2 Å². The van der Waals surface area contributed by atoms with Crippen molar-refractivity contribution in [2.45, 2.75) is 6.42 Å². The SMILES string of the molecule is O=C(NCCc1ccc(Br)cc1)Nc1ccno1. The minimum absolute atomic E-state index is 0.302. The number of nitrogens with zero attached hydrogens (tertiary/aromatic N) is 1. The summed E-state index contributed by atoms with van der Waals surface area (Å²) in [6.45, 7) is 0.557. The monoisotopic (exact) mass is 309 g/mol. The Bertz CT molecular complexity index is 497. The van der Waals surface area contributed by atoms with Crippen molar-refractivity contribution in [2.24, 2.45) is 0 Å². The van der Waals surface area contributed by atoms with E-state index in [9.17, 15) is 4.79 Å². The molecule has 0 saturated heterocycles. The zero-order chi connectivity index (χ0) is 12.8. The summed E-state index contributed by atoms with van der Waals surface area (Å²) in [5.41, 5.74) is 1.16. The highest BCUT2D eigenvalue weighted by atomic mass is 79.9. The van der Waals surface area contributed by atoms with Crippen molar-refractivity contribution in [2.75, 3.05) is 11.9 Å². The molecule has 0 atom stereocenters. The number of hydrogen-bond acceptors (Lipinski definition) is 3. The molecule has 0 fully saturated rings. The lowest BCUT2D eigenvalue weighted by molar-refractivity contribution is 0.251. The van der Waals surface area contributed by atoms with Crippen LogP contribution in [0.1, 0.15) is 5.56 Å². The first-order chi connectivity index (χ1) is 8.74. The van der Waals surface area contributed by atoms with Gasteiger partial charge in [0.25, 0.3) is 0 Å². The van der Waals surface area contributed by atoms with Gasteiger partial charge in [-0.05, 0) is 24.1 Å². The van der Waals surface area contributed by atoms with Crippen LogP contribution in [0, 0.1) is 0 Å². The summed E-state index contributed by atoms with van der Waals surface area (Å²) in [7, 11) is 0. The normalized spacial score (nSPS) is 10.1. The fourth-order valence-corrected chi connectivity index (χ4v) is 1.67.